The number of hydrogen-bond acceptors (Lipinski definition) is 4. The zero-order chi connectivity index (χ0) is 17.5. The van der Waals surface area contributed by atoms with Crippen molar-refractivity contribution in [2.24, 2.45) is 11.8 Å². The predicted octanol–water partition coefficient (Wildman–Crippen LogP) is 3.79. The maximum Gasteiger partial charge on any atom is 0.410 e. The van der Waals surface area contributed by atoms with Gasteiger partial charge < -0.3 is 14.4 Å². The molecule has 0 N–H and O–H groups in total. The number of esters is 1. The van der Waals surface area contributed by atoms with Crippen LogP contribution in [-0.2, 0) is 9.47 Å². The smallest absolute Gasteiger partial charge is 0.410 e. The fourth-order valence-corrected chi connectivity index (χ4v) is 3.55. The van der Waals surface area contributed by atoms with Crippen molar-refractivity contribution < 1.29 is 19.1 Å². The van der Waals surface area contributed by atoms with Crippen LogP contribution in [0.4, 0.5) is 4.79 Å². The Bertz CT molecular complexity index is 632. The van der Waals surface area contributed by atoms with E-state index in [9.17, 15) is 9.59 Å². The van der Waals surface area contributed by atoms with E-state index < -0.39 is 5.60 Å². The summed E-state index contributed by atoms with van der Waals surface area (Å²) in [7, 11) is 1.37. The number of fused-ring (bicyclic) bond motifs is 1. The summed E-state index contributed by atoms with van der Waals surface area (Å²) < 4.78 is 10.3. The Balaban J connectivity index is 1.82. The molecule has 1 amide bonds. The average molecular weight is 331 g/mol. The van der Waals surface area contributed by atoms with Crippen LogP contribution < -0.4 is 0 Å². The molecule has 130 valence electrons. The number of carbonyl (C=O) groups is 2. The fraction of sp³-hybridized carbons (Fsp3) is 0.579. The zero-order valence-electron chi connectivity index (χ0n) is 14.7. The molecule has 1 heterocycles. The quantitative estimate of drug-likeness (QED) is 0.774. The van der Waals surface area contributed by atoms with Gasteiger partial charge in [-0.1, -0.05) is 12.1 Å². The van der Waals surface area contributed by atoms with Crippen molar-refractivity contribution in [2.75, 3.05) is 13.7 Å². The van der Waals surface area contributed by atoms with Gasteiger partial charge in [0.05, 0.1) is 18.7 Å². The monoisotopic (exact) mass is 331 g/mol. The van der Waals surface area contributed by atoms with Gasteiger partial charge in [-0.05, 0) is 63.1 Å². The lowest BCUT2D eigenvalue weighted by Crippen LogP contribution is -2.42. The third-order valence-electron chi connectivity index (χ3n) is 4.76. The van der Waals surface area contributed by atoms with Crippen molar-refractivity contribution in [1.29, 1.82) is 0 Å². The number of benzene rings is 1. The molecule has 5 heteroatoms. The lowest BCUT2D eigenvalue weighted by Gasteiger charge is -2.37. The fourth-order valence-electron chi connectivity index (χ4n) is 3.55. The molecule has 0 bridgehead atoms. The Labute approximate surface area is 142 Å². The molecule has 3 atom stereocenters. The summed E-state index contributed by atoms with van der Waals surface area (Å²) >= 11 is 0. The molecule has 0 aromatic heterocycles. The summed E-state index contributed by atoms with van der Waals surface area (Å²) in [6.45, 7) is 6.37. The van der Waals surface area contributed by atoms with Crippen molar-refractivity contribution in [3.63, 3.8) is 0 Å². The van der Waals surface area contributed by atoms with E-state index >= 15 is 0 Å². The molecule has 2 aliphatic rings. The number of piperidine rings is 1. The van der Waals surface area contributed by atoms with Crippen LogP contribution in [-0.4, -0.2) is 36.2 Å². The maximum atomic E-state index is 12.6. The molecule has 1 aliphatic heterocycles. The molecule has 1 aliphatic carbocycles. The van der Waals surface area contributed by atoms with Gasteiger partial charge in [0.2, 0.25) is 0 Å². The molecule has 3 rings (SSSR count). The third kappa shape index (κ3) is 3.40. The maximum absolute atomic E-state index is 12.6. The Morgan fingerprint density at radius 2 is 1.83 bits per heavy atom. The minimum absolute atomic E-state index is 0.0327. The van der Waals surface area contributed by atoms with Gasteiger partial charge in [-0.2, -0.15) is 0 Å². The summed E-state index contributed by atoms with van der Waals surface area (Å²) in [4.78, 5) is 26.1. The van der Waals surface area contributed by atoms with Gasteiger partial charge in [-0.15, -0.1) is 0 Å². The second kappa shape index (κ2) is 6.11. The highest BCUT2D eigenvalue weighted by Crippen LogP contribution is 2.55. The Morgan fingerprint density at radius 1 is 1.17 bits per heavy atom. The van der Waals surface area contributed by atoms with Crippen LogP contribution in [0.5, 0.6) is 0 Å². The summed E-state index contributed by atoms with van der Waals surface area (Å²) in [5, 5.41) is 0. The predicted molar refractivity (Wildman–Crippen MR) is 89.7 cm³/mol. The molecule has 2 fully saturated rings. The highest BCUT2D eigenvalue weighted by Gasteiger charge is 2.51. The minimum Gasteiger partial charge on any atom is -0.465 e. The molecule has 5 nitrogen and oxygen atoms in total. The summed E-state index contributed by atoms with van der Waals surface area (Å²) in [6, 6.07) is 7.41. The Hall–Kier alpha value is -2.04. The van der Waals surface area contributed by atoms with Gasteiger partial charge in [0.15, 0.2) is 0 Å². The summed E-state index contributed by atoms with van der Waals surface area (Å²) in [6.07, 6.45) is 1.94. The molecule has 1 saturated heterocycles. The number of rotatable bonds is 2. The number of likely N-dealkylation sites (tertiary alicyclic amines) is 1. The first kappa shape index (κ1) is 16.8. The number of carbonyl (C=O) groups excluding carboxylic acids is 2. The third-order valence-corrected chi connectivity index (χ3v) is 4.76. The molecular formula is C19H25NO4. The second-order valence-electron chi connectivity index (χ2n) is 7.68. The van der Waals surface area contributed by atoms with E-state index in [0.29, 0.717) is 17.4 Å². The van der Waals surface area contributed by atoms with E-state index in [-0.39, 0.29) is 18.1 Å². The van der Waals surface area contributed by atoms with Gasteiger partial charge in [-0.25, -0.2) is 9.59 Å². The largest absolute Gasteiger partial charge is 0.465 e. The zero-order valence-corrected chi connectivity index (χ0v) is 14.7. The highest BCUT2D eigenvalue weighted by molar-refractivity contribution is 5.89. The molecule has 0 spiro atoms. The van der Waals surface area contributed by atoms with Gasteiger partial charge in [0.1, 0.15) is 5.60 Å². The van der Waals surface area contributed by atoms with Crippen LogP contribution in [0, 0.1) is 11.8 Å². The van der Waals surface area contributed by atoms with E-state index in [0.717, 1.165) is 24.9 Å². The van der Waals surface area contributed by atoms with Crippen LogP contribution >= 0.6 is 0 Å². The van der Waals surface area contributed by atoms with Crippen LogP contribution in [0.1, 0.15) is 55.6 Å². The van der Waals surface area contributed by atoms with E-state index in [1.54, 1.807) is 12.1 Å². The van der Waals surface area contributed by atoms with Crippen molar-refractivity contribution in [3.05, 3.63) is 35.4 Å². The SMILES string of the molecule is COC(=O)c1ccc([C@@H]2C3CC3CCN2C(=O)OC(C)(C)C)cc1. The van der Waals surface area contributed by atoms with Crippen molar-refractivity contribution in [2.45, 2.75) is 45.3 Å². The molecule has 1 aromatic rings. The topological polar surface area (TPSA) is 55.8 Å². The van der Waals surface area contributed by atoms with Crippen LogP contribution in [0.15, 0.2) is 24.3 Å². The number of ether oxygens (including phenoxy) is 2. The van der Waals surface area contributed by atoms with Crippen molar-refractivity contribution in [1.82, 2.24) is 4.90 Å². The first-order chi connectivity index (χ1) is 11.3. The first-order valence-corrected chi connectivity index (χ1v) is 8.48. The van der Waals surface area contributed by atoms with Gasteiger partial charge in [-0.3, -0.25) is 0 Å². The minimum atomic E-state index is -0.503. The van der Waals surface area contributed by atoms with Gasteiger partial charge in [0.25, 0.3) is 0 Å². The summed E-state index contributed by atoms with van der Waals surface area (Å²) in [5.74, 6) is 0.850. The van der Waals surface area contributed by atoms with Crippen LogP contribution in [0.25, 0.3) is 0 Å². The number of methoxy groups -OCH3 is 1. The lowest BCUT2D eigenvalue weighted by atomic mass is 9.94. The Kier molecular flexibility index (Phi) is 4.28. The molecule has 2 unspecified atom stereocenters. The van der Waals surface area contributed by atoms with Gasteiger partial charge in [0, 0.05) is 6.54 Å². The highest BCUT2D eigenvalue weighted by atomic mass is 16.6. The van der Waals surface area contributed by atoms with E-state index in [1.807, 2.05) is 37.8 Å². The molecule has 24 heavy (non-hydrogen) atoms. The lowest BCUT2D eigenvalue weighted by molar-refractivity contribution is 0.00764. The number of amides is 1. The molecular weight excluding hydrogens is 306 g/mol. The van der Waals surface area contributed by atoms with Crippen molar-refractivity contribution in [3.8, 4) is 0 Å². The van der Waals surface area contributed by atoms with Crippen molar-refractivity contribution >= 4 is 12.1 Å². The Morgan fingerprint density at radius 3 is 2.42 bits per heavy atom. The molecule has 1 aromatic carbocycles. The standard InChI is InChI=1S/C19H25NO4/c1-19(2,3)24-18(22)20-10-9-14-11-15(14)16(20)12-5-7-13(8-6-12)17(21)23-4/h5-8,14-16H,9-11H2,1-4H3/t14?,15?,16-/m1/s1. The van der Waals surface area contributed by atoms with Crippen LogP contribution in [0.3, 0.4) is 0 Å². The average Bonchev–Trinajstić information content (AvgIpc) is 3.31. The summed E-state index contributed by atoms with van der Waals surface area (Å²) in [5.41, 5.74) is 1.07. The van der Waals surface area contributed by atoms with E-state index in [4.69, 9.17) is 9.47 Å². The van der Waals surface area contributed by atoms with E-state index in [1.165, 1.54) is 7.11 Å². The number of hydrogen-bond donors (Lipinski definition) is 0. The van der Waals surface area contributed by atoms with E-state index in [2.05, 4.69) is 0 Å². The molecule has 0 radical (unpaired) electrons. The number of nitrogens with zero attached hydrogens (tertiary/aromatic N) is 1. The normalized spacial score (nSPS) is 25.7. The van der Waals surface area contributed by atoms with Crippen LogP contribution in [0.2, 0.25) is 0 Å². The molecule has 1 saturated carbocycles. The van der Waals surface area contributed by atoms with Gasteiger partial charge >= 0.3 is 12.1 Å². The first-order valence-electron chi connectivity index (χ1n) is 8.48. The second-order valence-corrected chi connectivity index (χ2v) is 7.68.